The highest BCUT2D eigenvalue weighted by Gasteiger charge is 2.30. The van der Waals surface area contributed by atoms with Gasteiger partial charge in [-0.3, -0.25) is 4.90 Å². The van der Waals surface area contributed by atoms with Crippen molar-refractivity contribution in [1.82, 2.24) is 4.90 Å². The maximum Gasteiger partial charge on any atom is 0.120 e. The first-order valence-corrected chi connectivity index (χ1v) is 8.12. The Morgan fingerprint density at radius 1 is 1.12 bits per heavy atom. The van der Waals surface area contributed by atoms with Gasteiger partial charge in [0, 0.05) is 31.6 Å². The van der Waals surface area contributed by atoms with E-state index in [1.165, 1.54) is 11.1 Å². The summed E-state index contributed by atoms with van der Waals surface area (Å²) >= 11 is 0. The highest BCUT2D eigenvalue weighted by molar-refractivity contribution is 5.85. The molecule has 0 aliphatic carbocycles. The summed E-state index contributed by atoms with van der Waals surface area (Å²) in [5, 5.41) is 0. The molecule has 2 atom stereocenters. The van der Waals surface area contributed by atoms with E-state index in [4.69, 9.17) is 10.5 Å². The van der Waals surface area contributed by atoms with Crippen LogP contribution in [0.15, 0.2) is 67.3 Å². The van der Waals surface area contributed by atoms with Crippen molar-refractivity contribution in [2.75, 3.05) is 19.7 Å². The van der Waals surface area contributed by atoms with Crippen molar-refractivity contribution in [3.63, 3.8) is 0 Å². The number of nitrogens with two attached hydrogens (primary N) is 1. The SMILES string of the molecule is C=CCOc1cccc(CN2C[C@@H](N)[C@H](c3ccccc3)C2)c1.Cl. The summed E-state index contributed by atoms with van der Waals surface area (Å²) in [4.78, 5) is 2.43. The van der Waals surface area contributed by atoms with E-state index in [1.807, 2.05) is 12.1 Å². The third kappa shape index (κ3) is 4.60. The molecule has 0 bridgehead atoms. The van der Waals surface area contributed by atoms with Crippen LogP contribution < -0.4 is 10.5 Å². The fourth-order valence-corrected chi connectivity index (χ4v) is 3.24. The second kappa shape index (κ2) is 8.88. The number of ether oxygens (including phenoxy) is 1. The van der Waals surface area contributed by atoms with Gasteiger partial charge in [0.15, 0.2) is 0 Å². The fourth-order valence-electron chi connectivity index (χ4n) is 3.24. The number of benzene rings is 2. The highest BCUT2D eigenvalue weighted by atomic mass is 35.5. The maximum absolute atomic E-state index is 6.37. The number of hydrogen-bond donors (Lipinski definition) is 1. The molecule has 1 heterocycles. The maximum atomic E-state index is 6.37. The highest BCUT2D eigenvalue weighted by Crippen LogP contribution is 2.27. The van der Waals surface area contributed by atoms with Crippen LogP contribution in [-0.4, -0.2) is 30.6 Å². The minimum Gasteiger partial charge on any atom is -0.490 e. The van der Waals surface area contributed by atoms with Gasteiger partial charge in [0.25, 0.3) is 0 Å². The van der Waals surface area contributed by atoms with E-state index in [1.54, 1.807) is 6.08 Å². The smallest absolute Gasteiger partial charge is 0.120 e. The predicted molar refractivity (Wildman–Crippen MR) is 102 cm³/mol. The van der Waals surface area contributed by atoms with Crippen molar-refractivity contribution in [1.29, 1.82) is 0 Å². The molecule has 2 aromatic rings. The monoisotopic (exact) mass is 344 g/mol. The van der Waals surface area contributed by atoms with Crippen LogP contribution >= 0.6 is 12.4 Å². The predicted octanol–water partition coefficient (Wildman–Crippen LogP) is 3.60. The molecule has 2 N–H and O–H groups in total. The van der Waals surface area contributed by atoms with Crippen molar-refractivity contribution < 1.29 is 4.74 Å². The van der Waals surface area contributed by atoms with Gasteiger partial charge >= 0.3 is 0 Å². The zero-order valence-electron chi connectivity index (χ0n) is 13.8. The lowest BCUT2D eigenvalue weighted by Crippen LogP contribution is -2.28. The zero-order valence-corrected chi connectivity index (χ0v) is 14.6. The molecule has 0 unspecified atom stereocenters. The van der Waals surface area contributed by atoms with Crippen molar-refractivity contribution in [3.05, 3.63) is 78.4 Å². The molecule has 1 aliphatic heterocycles. The summed E-state index contributed by atoms with van der Waals surface area (Å²) in [6.07, 6.45) is 1.76. The Hall–Kier alpha value is -1.81. The number of rotatable bonds is 6. The average Bonchev–Trinajstić information content (AvgIpc) is 2.94. The summed E-state index contributed by atoms with van der Waals surface area (Å²) in [7, 11) is 0. The lowest BCUT2D eigenvalue weighted by Gasteiger charge is -2.16. The minimum atomic E-state index is 0. The third-order valence-electron chi connectivity index (χ3n) is 4.34. The second-order valence-corrected chi connectivity index (χ2v) is 6.12. The molecular weight excluding hydrogens is 320 g/mol. The molecule has 0 saturated carbocycles. The second-order valence-electron chi connectivity index (χ2n) is 6.12. The Kier molecular flexibility index (Phi) is 6.85. The van der Waals surface area contributed by atoms with Crippen molar-refractivity contribution >= 4 is 12.4 Å². The number of likely N-dealkylation sites (tertiary alicyclic amines) is 1. The van der Waals surface area contributed by atoms with Crippen LogP contribution in [0.3, 0.4) is 0 Å². The van der Waals surface area contributed by atoms with Crippen LogP contribution in [0.5, 0.6) is 5.75 Å². The first kappa shape index (κ1) is 18.5. The lowest BCUT2D eigenvalue weighted by atomic mass is 9.95. The standard InChI is InChI=1S/C20H24N2O.ClH/c1-2-11-23-18-10-6-7-16(12-18)13-22-14-19(20(21)15-22)17-8-4-3-5-9-17;/h2-10,12,19-20H,1,11,13-15,21H2;1H/t19-,20+;/m0./s1. The van der Waals surface area contributed by atoms with Crippen LogP contribution in [0.4, 0.5) is 0 Å². The van der Waals surface area contributed by atoms with Crippen LogP contribution in [0, 0.1) is 0 Å². The molecule has 3 nitrogen and oxygen atoms in total. The summed E-state index contributed by atoms with van der Waals surface area (Å²) in [5.41, 5.74) is 8.97. The molecule has 128 valence electrons. The third-order valence-corrected chi connectivity index (χ3v) is 4.34. The van der Waals surface area contributed by atoms with Crippen molar-refractivity contribution in [2.24, 2.45) is 5.73 Å². The molecule has 1 saturated heterocycles. The normalized spacial score (nSPS) is 20.4. The Labute approximate surface area is 150 Å². The Morgan fingerprint density at radius 3 is 2.67 bits per heavy atom. The Bertz CT molecular complexity index is 647. The van der Waals surface area contributed by atoms with Gasteiger partial charge in [-0.15, -0.1) is 12.4 Å². The van der Waals surface area contributed by atoms with E-state index in [9.17, 15) is 0 Å². The van der Waals surface area contributed by atoms with E-state index in [0.29, 0.717) is 12.5 Å². The van der Waals surface area contributed by atoms with Crippen molar-refractivity contribution in [2.45, 2.75) is 18.5 Å². The van der Waals surface area contributed by atoms with Gasteiger partial charge < -0.3 is 10.5 Å². The first-order chi connectivity index (χ1) is 11.3. The summed E-state index contributed by atoms with van der Waals surface area (Å²) < 4.78 is 5.61. The molecule has 1 aliphatic rings. The van der Waals surface area contributed by atoms with Gasteiger partial charge in [0.1, 0.15) is 12.4 Å². The molecule has 4 heteroatoms. The number of hydrogen-bond acceptors (Lipinski definition) is 3. The molecular formula is C20H25ClN2O. The molecule has 0 spiro atoms. The van der Waals surface area contributed by atoms with E-state index >= 15 is 0 Å². The van der Waals surface area contributed by atoms with Gasteiger partial charge in [-0.25, -0.2) is 0 Å². The molecule has 2 aromatic carbocycles. The molecule has 3 rings (SSSR count). The molecule has 0 aromatic heterocycles. The quantitative estimate of drug-likeness (QED) is 0.814. The molecule has 1 fully saturated rings. The molecule has 0 radical (unpaired) electrons. The molecule has 24 heavy (non-hydrogen) atoms. The van der Waals surface area contributed by atoms with Gasteiger partial charge in [-0.1, -0.05) is 55.1 Å². The van der Waals surface area contributed by atoms with E-state index < -0.39 is 0 Å². The number of halogens is 1. The fraction of sp³-hybridized carbons (Fsp3) is 0.300. The van der Waals surface area contributed by atoms with Crippen LogP contribution in [0.2, 0.25) is 0 Å². The van der Waals surface area contributed by atoms with E-state index in [2.05, 4.69) is 53.9 Å². The summed E-state index contributed by atoms with van der Waals surface area (Å²) in [6, 6.07) is 19.0. The Balaban J connectivity index is 0.00000208. The minimum absolute atomic E-state index is 0. The van der Waals surface area contributed by atoms with Crippen LogP contribution in [0.25, 0.3) is 0 Å². The first-order valence-electron chi connectivity index (χ1n) is 8.12. The Morgan fingerprint density at radius 2 is 1.92 bits per heavy atom. The van der Waals surface area contributed by atoms with Gasteiger partial charge in [-0.2, -0.15) is 0 Å². The van der Waals surface area contributed by atoms with Gasteiger partial charge in [0.2, 0.25) is 0 Å². The molecule has 0 amide bonds. The van der Waals surface area contributed by atoms with Crippen LogP contribution in [0.1, 0.15) is 17.0 Å². The van der Waals surface area contributed by atoms with E-state index in [-0.39, 0.29) is 18.4 Å². The van der Waals surface area contributed by atoms with Crippen molar-refractivity contribution in [3.8, 4) is 5.75 Å². The number of nitrogens with zero attached hydrogens (tertiary/aromatic N) is 1. The topological polar surface area (TPSA) is 38.5 Å². The average molecular weight is 345 g/mol. The zero-order chi connectivity index (χ0) is 16.1. The van der Waals surface area contributed by atoms with Crippen LogP contribution in [-0.2, 0) is 6.54 Å². The summed E-state index contributed by atoms with van der Waals surface area (Å²) in [6.45, 7) is 7.05. The van der Waals surface area contributed by atoms with E-state index in [0.717, 1.165) is 25.4 Å². The van der Waals surface area contributed by atoms with Gasteiger partial charge in [-0.05, 0) is 23.3 Å². The summed E-state index contributed by atoms with van der Waals surface area (Å²) in [5.74, 6) is 1.31. The van der Waals surface area contributed by atoms with Gasteiger partial charge in [0.05, 0.1) is 0 Å². The largest absolute Gasteiger partial charge is 0.490 e. The lowest BCUT2D eigenvalue weighted by molar-refractivity contribution is 0.321.